The van der Waals surface area contributed by atoms with E-state index < -0.39 is 0 Å². The molecule has 1 unspecified atom stereocenters. The van der Waals surface area contributed by atoms with Crippen molar-refractivity contribution in [1.29, 1.82) is 0 Å². The van der Waals surface area contributed by atoms with Crippen LogP contribution < -0.4 is 4.90 Å². The lowest BCUT2D eigenvalue weighted by molar-refractivity contribution is 0.669. The van der Waals surface area contributed by atoms with E-state index in [1.165, 1.54) is 60.8 Å². The van der Waals surface area contributed by atoms with Gasteiger partial charge in [0.15, 0.2) is 0 Å². The highest BCUT2D eigenvalue weighted by molar-refractivity contribution is 6.15. The van der Waals surface area contributed by atoms with Crippen molar-refractivity contribution >= 4 is 60.8 Å². The van der Waals surface area contributed by atoms with Crippen LogP contribution in [0.1, 0.15) is 23.6 Å². The van der Waals surface area contributed by atoms with Crippen molar-refractivity contribution in [3.63, 3.8) is 0 Å². The van der Waals surface area contributed by atoms with Crippen molar-refractivity contribution in [2.75, 3.05) is 4.90 Å². The summed E-state index contributed by atoms with van der Waals surface area (Å²) in [6.45, 7) is 2.39. The van der Waals surface area contributed by atoms with Crippen LogP contribution in [-0.4, -0.2) is 4.57 Å². The quantitative estimate of drug-likeness (QED) is 0.160. The summed E-state index contributed by atoms with van der Waals surface area (Å²) < 4.78 is 9.11. The number of para-hydroxylation sites is 2. The van der Waals surface area contributed by atoms with Crippen molar-refractivity contribution < 1.29 is 4.42 Å². The maximum Gasteiger partial charge on any atom is 0.137 e. The molecule has 0 bridgehead atoms. The maximum atomic E-state index is 6.74. The molecule has 0 amide bonds. The Kier molecular flexibility index (Phi) is 8.34. The molecule has 0 radical (unpaired) electrons. The Hall–Kier alpha value is -8.40. The zero-order valence-electron chi connectivity index (χ0n) is 35.8. The molecule has 12 aromatic rings. The SMILES string of the molecule is CC1(c2ccccc2)c2ccccc2-c2ccc(N(c3ccc(-c4ccccc4)cc3)c3cccc4oc5ccc(-c6ccc7c(c6)c6ccccc6n7-c6ccccc6)cc5c34)cc21. The Balaban J connectivity index is 1.01. The van der Waals surface area contributed by atoms with Gasteiger partial charge in [-0.2, -0.15) is 0 Å². The van der Waals surface area contributed by atoms with Gasteiger partial charge in [-0.25, -0.2) is 0 Å². The van der Waals surface area contributed by atoms with Gasteiger partial charge in [0.25, 0.3) is 0 Å². The molecule has 0 spiro atoms. The molecule has 2 heterocycles. The predicted octanol–water partition coefficient (Wildman–Crippen LogP) is 16.8. The fourth-order valence-corrected chi connectivity index (χ4v) is 10.7. The van der Waals surface area contributed by atoms with Crippen molar-refractivity contribution in [3.05, 3.63) is 253 Å². The summed E-state index contributed by atoms with van der Waals surface area (Å²) in [6.07, 6.45) is 0. The van der Waals surface area contributed by atoms with Crippen LogP contribution in [0.15, 0.2) is 241 Å². The smallest absolute Gasteiger partial charge is 0.137 e. The first-order valence-electron chi connectivity index (χ1n) is 22.4. The van der Waals surface area contributed by atoms with Crippen LogP contribution in [0.4, 0.5) is 17.1 Å². The summed E-state index contributed by atoms with van der Waals surface area (Å²) in [7, 11) is 0. The minimum Gasteiger partial charge on any atom is -0.456 e. The number of furan rings is 1. The molecule has 10 aromatic carbocycles. The lowest BCUT2D eigenvalue weighted by Crippen LogP contribution is -2.22. The number of benzene rings is 10. The Morgan fingerprint density at radius 2 is 1.02 bits per heavy atom. The third kappa shape index (κ3) is 5.76. The summed E-state index contributed by atoms with van der Waals surface area (Å²) >= 11 is 0. The molecule has 0 fully saturated rings. The molecule has 13 rings (SSSR count). The number of rotatable bonds is 7. The second-order valence-corrected chi connectivity index (χ2v) is 17.4. The number of fused-ring (bicyclic) bond motifs is 9. The van der Waals surface area contributed by atoms with Crippen molar-refractivity contribution in [2.45, 2.75) is 12.3 Å². The minimum atomic E-state index is -0.343. The highest BCUT2D eigenvalue weighted by Crippen LogP contribution is 2.54. The lowest BCUT2D eigenvalue weighted by Gasteiger charge is -2.31. The molecule has 1 aliphatic carbocycles. The summed E-state index contributed by atoms with van der Waals surface area (Å²) in [5.74, 6) is 0. The Morgan fingerprint density at radius 1 is 0.400 bits per heavy atom. The number of anilines is 3. The van der Waals surface area contributed by atoms with Crippen molar-refractivity contribution in [2.24, 2.45) is 0 Å². The topological polar surface area (TPSA) is 21.3 Å². The van der Waals surface area contributed by atoms with E-state index in [9.17, 15) is 0 Å². The third-order valence-electron chi connectivity index (χ3n) is 13.9. The largest absolute Gasteiger partial charge is 0.456 e. The first-order chi connectivity index (χ1) is 32.1. The molecular weight excluding hydrogens is 789 g/mol. The monoisotopic (exact) mass is 830 g/mol. The van der Waals surface area contributed by atoms with Gasteiger partial charge in [0.1, 0.15) is 11.2 Å². The molecule has 0 saturated heterocycles. The molecule has 1 atom stereocenters. The number of hydrogen-bond donors (Lipinski definition) is 0. The lowest BCUT2D eigenvalue weighted by atomic mass is 9.74. The van der Waals surface area contributed by atoms with Gasteiger partial charge in [-0.3, -0.25) is 0 Å². The molecule has 0 aliphatic heterocycles. The van der Waals surface area contributed by atoms with Crippen LogP contribution in [0.5, 0.6) is 0 Å². The van der Waals surface area contributed by atoms with Gasteiger partial charge >= 0.3 is 0 Å². The van der Waals surface area contributed by atoms with E-state index in [4.69, 9.17) is 4.42 Å². The Labute approximate surface area is 377 Å². The molecule has 2 aromatic heterocycles. The van der Waals surface area contributed by atoms with Gasteiger partial charge in [0.2, 0.25) is 0 Å². The minimum absolute atomic E-state index is 0.343. The molecule has 3 nitrogen and oxygen atoms in total. The normalized spacial score (nSPS) is 14.3. The fourth-order valence-electron chi connectivity index (χ4n) is 10.7. The zero-order valence-corrected chi connectivity index (χ0v) is 35.8. The first-order valence-corrected chi connectivity index (χ1v) is 22.4. The first kappa shape index (κ1) is 37.2. The van der Waals surface area contributed by atoms with Gasteiger partial charge in [-0.1, -0.05) is 158 Å². The number of hydrogen-bond acceptors (Lipinski definition) is 2. The molecule has 306 valence electrons. The van der Waals surface area contributed by atoms with E-state index in [1.807, 2.05) is 0 Å². The van der Waals surface area contributed by atoms with E-state index >= 15 is 0 Å². The van der Waals surface area contributed by atoms with Gasteiger partial charge in [-0.05, 0) is 136 Å². The van der Waals surface area contributed by atoms with Crippen molar-refractivity contribution in [1.82, 2.24) is 4.57 Å². The Morgan fingerprint density at radius 3 is 1.83 bits per heavy atom. The second kappa shape index (κ2) is 14.6. The van der Waals surface area contributed by atoms with Gasteiger partial charge in [0.05, 0.1) is 22.1 Å². The van der Waals surface area contributed by atoms with Crippen LogP contribution in [0.25, 0.3) is 82.8 Å². The molecule has 65 heavy (non-hydrogen) atoms. The van der Waals surface area contributed by atoms with E-state index in [0.29, 0.717) is 0 Å². The third-order valence-corrected chi connectivity index (χ3v) is 13.9. The summed E-state index contributed by atoms with van der Waals surface area (Å²) in [5, 5.41) is 4.62. The number of aromatic nitrogens is 1. The van der Waals surface area contributed by atoms with E-state index in [0.717, 1.165) is 55.8 Å². The van der Waals surface area contributed by atoms with E-state index in [-0.39, 0.29) is 5.41 Å². The standard InChI is InChI=1S/C62H42N2O/c1-62(45-18-7-3-8-19-45)54-24-13-11-22-49(54)50-35-34-48(40-55(50)62)63(47-32-28-42(29-33-47)41-16-5-2-6-17-41)58-26-15-27-60-61(58)53-39-44(31-37-59(53)65-60)43-30-36-57-52(38-43)51-23-12-14-25-56(51)64(57)46-20-9-4-10-21-46/h2-40H,1H3. The second-order valence-electron chi connectivity index (χ2n) is 17.4. The maximum absolute atomic E-state index is 6.74. The molecule has 0 N–H and O–H groups in total. The summed E-state index contributed by atoms with van der Waals surface area (Å²) in [4.78, 5) is 2.43. The van der Waals surface area contributed by atoms with Gasteiger partial charge in [0, 0.05) is 38.6 Å². The van der Waals surface area contributed by atoms with Crippen molar-refractivity contribution in [3.8, 4) is 39.1 Å². The average Bonchev–Trinajstić information content (AvgIpc) is 4.01. The molecule has 1 aliphatic rings. The van der Waals surface area contributed by atoms with Crippen LogP contribution in [0, 0.1) is 0 Å². The molecular formula is C62H42N2O. The highest BCUT2D eigenvalue weighted by atomic mass is 16.3. The zero-order chi connectivity index (χ0) is 43.1. The van der Waals surface area contributed by atoms with E-state index in [2.05, 4.69) is 253 Å². The molecule has 0 saturated carbocycles. The highest BCUT2D eigenvalue weighted by Gasteiger charge is 2.41. The van der Waals surface area contributed by atoms with Gasteiger partial charge < -0.3 is 13.9 Å². The van der Waals surface area contributed by atoms with Crippen LogP contribution in [-0.2, 0) is 5.41 Å². The van der Waals surface area contributed by atoms with Crippen LogP contribution in [0.3, 0.4) is 0 Å². The van der Waals surface area contributed by atoms with Gasteiger partial charge in [-0.15, -0.1) is 0 Å². The fraction of sp³-hybridized carbons (Fsp3) is 0.0323. The average molecular weight is 831 g/mol. The predicted molar refractivity (Wildman–Crippen MR) is 271 cm³/mol. The Bertz CT molecular complexity index is 3770. The summed E-state index contributed by atoms with van der Waals surface area (Å²) in [6, 6.07) is 85.9. The number of nitrogens with zero attached hydrogens (tertiary/aromatic N) is 2. The molecule has 3 heteroatoms. The van der Waals surface area contributed by atoms with Crippen LogP contribution >= 0.6 is 0 Å². The van der Waals surface area contributed by atoms with E-state index in [1.54, 1.807) is 0 Å². The summed E-state index contributed by atoms with van der Waals surface area (Å²) in [5.41, 5.74) is 19.3. The van der Waals surface area contributed by atoms with Crippen LogP contribution in [0.2, 0.25) is 0 Å².